The Kier molecular flexibility index (Phi) is 3.25. The van der Waals surface area contributed by atoms with Gasteiger partial charge in [-0.1, -0.05) is 0 Å². The minimum absolute atomic E-state index is 0.226. The SMILES string of the molecule is CN1C[C@H]2CC(Nc3cc(=O)[nH]cc3C(N)=O)C[C@H]2C1. The van der Waals surface area contributed by atoms with Crippen LogP contribution in [-0.2, 0) is 0 Å². The van der Waals surface area contributed by atoms with Crippen LogP contribution in [0.3, 0.4) is 0 Å². The summed E-state index contributed by atoms with van der Waals surface area (Å²) in [5.41, 5.74) is 6.02. The maximum absolute atomic E-state index is 11.4. The fourth-order valence-corrected chi connectivity index (χ4v) is 3.67. The number of nitrogens with zero attached hydrogens (tertiary/aromatic N) is 1. The third-order valence-electron chi connectivity index (χ3n) is 4.48. The highest BCUT2D eigenvalue weighted by Gasteiger charge is 2.39. The standard InChI is InChI=1S/C14H20N4O2/c1-18-6-8-2-10(3-9(8)7-18)17-12-4-13(19)16-5-11(12)14(15)20/h4-5,8-10H,2-3,6-7H2,1H3,(H2,15,20)(H2,16,17,19)/t8-,9+,10?. The second kappa shape index (κ2) is 4.94. The second-order valence-electron chi connectivity index (χ2n) is 6.04. The van der Waals surface area contributed by atoms with Crippen LogP contribution in [0.25, 0.3) is 0 Å². The van der Waals surface area contributed by atoms with Gasteiger partial charge in [0, 0.05) is 31.4 Å². The van der Waals surface area contributed by atoms with Crippen molar-refractivity contribution in [3.8, 4) is 0 Å². The molecule has 4 N–H and O–H groups in total. The first-order chi connectivity index (χ1) is 9.52. The Labute approximate surface area is 117 Å². The Hall–Kier alpha value is -1.82. The summed E-state index contributed by atoms with van der Waals surface area (Å²) < 4.78 is 0. The molecule has 1 amide bonds. The number of nitrogens with two attached hydrogens (primary N) is 1. The minimum atomic E-state index is -0.526. The van der Waals surface area contributed by atoms with E-state index in [-0.39, 0.29) is 5.56 Å². The summed E-state index contributed by atoms with van der Waals surface area (Å²) in [7, 11) is 2.16. The van der Waals surface area contributed by atoms with E-state index in [1.807, 2.05) is 0 Å². The summed E-state index contributed by atoms with van der Waals surface area (Å²) in [6.07, 6.45) is 3.55. The summed E-state index contributed by atoms with van der Waals surface area (Å²) in [4.78, 5) is 27.7. The quantitative estimate of drug-likeness (QED) is 0.737. The van der Waals surface area contributed by atoms with Crippen LogP contribution in [0.5, 0.6) is 0 Å². The van der Waals surface area contributed by atoms with Gasteiger partial charge in [0.2, 0.25) is 5.56 Å². The molecule has 2 aliphatic rings. The Morgan fingerprint density at radius 3 is 2.65 bits per heavy atom. The molecule has 1 aromatic rings. The van der Waals surface area contributed by atoms with Gasteiger partial charge in [-0.05, 0) is 31.7 Å². The van der Waals surface area contributed by atoms with Gasteiger partial charge in [-0.2, -0.15) is 0 Å². The Balaban J connectivity index is 1.75. The van der Waals surface area contributed by atoms with Gasteiger partial charge in [0.15, 0.2) is 0 Å². The Morgan fingerprint density at radius 2 is 2.05 bits per heavy atom. The van der Waals surface area contributed by atoms with Crippen LogP contribution in [0.4, 0.5) is 5.69 Å². The number of amides is 1. The van der Waals surface area contributed by atoms with Gasteiger partial charge >= 0.3 is 0 Å². The average molecular weight is 276 g/mol. The lowest BCUT2D eigenvalue weighted by molar-refractivity contribution is 0.100. The van der Waals surface area contributed by atoms with Crippen LogP contribution in [0, 0.1) is 11.8 Å². The van der Waals surface area contributed by atoms with Crippen LogP contribution in [0.15, 0.2) is 17.1 Å². The maximum atomic E-state index is 11.4. The monoisotopic (exact) mass is 276 g/mol. The number of primary amides is 1. The fourth-order valence-electron chi connectivity index (χ4n) is 3.67. The number of aromatic amines is 1. The molecule has 1 aromatic heterocycles. The van der Waals surface area contributed by atoms with Gasteiger partial charge in [0.1, 0.15) is 0 Å². The number of H-pyrrole nitrogens is 1. The highest BCUT2D eigenvalue weighted by molar-refractivity contribution is 5.98. The number of likely N-dealkylation sites (tertiary alicyclic amines) is 1. The van der Waals surface area contributed by atoms with E-state index in [9.17, 15) is 9.59 Å². The van der Waals surface area contributed by atoms with Crippen molar-refractivity contribution < 1.29 is 4.79 Å². The number of fused-ring (bicyclic) bond motifs is 1. The zero-order valence-electron chi connectivity index (χ0n) is 11.6. The number of pyridine rings is 1. The number of nitrogens with one attached hydrogen (secondary N) is 2. The molecule has 0 aromatic carbocycles. The lowest BCUT2D eigenvalue weighted by atomic mass is 10.0. The van der Waals surface area contributed by atoms with E-state index in [4.69, 9.17) is 5.73 Å². The number of carbonyl (C=O) groups excluding carboxylic acids is 1. The summed E-state index contributed by atoms with van der Waals surface area (Å²) in [6.45, 7) is 2.28. The van der Waals surface area contributed by atoms with Crippen LogP contribution >= 0.6 is 0 Å². The molecule has 0 radical (unpaired) electrons. The number of anilines is 1. The molecule has 6 nitrogen and oxygen atoms in total. The molecule has 3 atom stereocenters. The molecule has 2 heterocycles. The van der Waals surface area contributed by atoms with E-state index < -0.39 is 5.91 Å². The van der Waals surface area contributed by atoms with Gasteiger partial charge in [-0.3, -0.25) is 9.59 Å². The highest BCUT2D eigenvalue weighted by Crippen LogP contribution is 2.38. The average Bonchev–Trinajstić information content (AvgIpc) is 2.85. The third kappa shape index (κ3) is 2.43. The van der Waals surface area contributed by atoms with E-state index in [1.54, 1.807) is 0 Å². The minimum Gasteiger partial charge on any atom is -0.381 e. The number of rotatable bonds is 3. The maximum Gasteiger partial charge on any atom is 0.252 e. The number of carbonyl (C=O) groups is 1. The lowest BCUT2D eigenvalue weighted by Gasteiger charge is -2.18. The van der Waals surface area contributed by atoms with Gasteiger partial charge in [0.25, 0.3) is 5.91 Å². The molecule has 0 spiro atoms. The smallest absolute Gasteiger partial charge is 0.252 e. The molecular formula is C14H20N4O2. The predicted octanol–water partition coefficient (Wildman–Crippen LogP) is 0.226. The van der Waals surface area contributed by atoms with E-state index in [0.29, 0.717) is 17.3 Å². The van der Waals surface area contributed by atoms with Crippen LogP contribution in [-0.4, -0.2) is 42.0 Å². The van der Waals surface area contributed by atoms with Crippen molar-refractivity contribution in [1.29, 1.82) is 0 Å². The number of hydrogen-bond donors (Lipinski definition) is 3. The second-order valence-corrected chi connectivity index (χ2v) is 6.04. The van der Waals surface area contributed by atoms with Gasteiger partial charge < -0.3 is 20.9 Å². The summed E-state index contributed by atoms with van der Waals surface area (Å²) in [6, 6.07) is 1.74. The summed E-state index contributed by atoms with van der Waals surface area (Å²) in [5, 5.41) is 3.34. The molecule has 20 heavy (non-hydrogen) atoms. The molecule has 3 rings (SSSR count). The Morgan fingerprint density at radius 1 is 1.40 bits per heavy atom. The molecule has 1 aliphatic heterocycles. The van der Waals surface area contributed by atoms with Crippen molar-refractivity contribution in [3.05, 3.63) is 28.2 Å². The molecule has 1 unspecified atom stereocenters. The molecule has 2 fully saturated rings. The number of hydrogen-bond acceptors (Lipinski definition) is 4. The Bertz CT molecular complexity index is 569. The third-order valence-corrected chi connectivity index (χ3v) is 4.48. The topological polar surface area (TPSA) is 91.2 Å². The molecule has 1 aliphatic carbocycles. The van der Waals surface area contributed by atoms with Crippen molar-refractivity contribution in [3.63, 3.8) is 0 Å². The largest absolute Gasteiger partial charge is 0.381 e. The van der Waals surface area contributed by atoms with Crippen molar-refractivity contribution in [2.45, 2.75) is 18.9 Å². The number of aromatic nitrogens is 1. The first kappa shape index (κ1) is 13.2. The van der Waals surface area contributed by atoms with Gasteiger partial charge in [-0.25, -0.2) is 0 Å². The first-order valence-electron chi connectivity index (χ1n) is 7.00. The van der Waals surface area contributed by atoms with E-state index in [2.05, 4.69) is 22.2 Å². The molecule has 1 saturated carbocycles. The van der Waals surface area contributed by atoms with Crippen molar-refractivity contribution >= 4 is 11.6 Å². The zero-order valence-corrected chi connectivity index (χ0v) is 11.6. The van der Waals surface area contributed by atoms with Crippen molar-refractivity contribution in [2.75, 3.05) is 25.5 Å². The molecular weight excluding hydrogens is 256 g/mol. The first-order valence-corrected chi connectivity index (χ1v) is 7.00. The van der Waals surface area contributed by atoms with Crippen LogP contribution in [0.2, 0.25) is 0 Å². The fraction of sp³-hybridized carbons (Fsp3) is 0.571. The van der Waals surface area contributed by atoms with E-state index in [1.165, 1.54) is 12.3 Å². The molecule has 1 saturated heterocycles. The normalized spacial score (nSPS) is 29.4. The van der Waals surface area contributed by atoms with Crippen molar-refractivity contribution in [1.82, 2.24) is 9.88 Å². The molecule has 0 bridgehead atoms. The molecule has 6 heteroatoms. The highest BCUT2D eigenvalue weighted by atomic mass is 16.1. The summed E-state index contributed by atoms with van der Waals surface area (Å²) >= 11 is 0. The van der Waals surface area contributed by atoms with Crippen LogP contribution in [0.1, 0.15) is 23.2 Å². The summed E-state index contributed by atoms with van der Waals surface area (Å²) in [5.74, 6) is 0.912. The molecule has 108 valence electrons. The van der Waals surface area contributed by atoms with Crippen LogP contribution < -0.4 is 16.6 Å². The predicted molar refractivity (Wildman–Crippen MR) is 76.7 cm³/mol. The van der Waals surface area contributed by atoms with E-state index >= 15 is 0 Å². The van der Waals surface area contributed by atoms with E-state index in [0.717, 1.165) is 37.8 Å². The van der Waals surface area contributed by atoms with Gasteiger partial charge in [0.05, 0.1) is 11.3 Å². The zero-order chi connectivity index (χ0) is 14.3. The van der Waals surface area contributed by atoms with Crippen molar-refractivity contribution in [2.24, 2.45) is 17.6 Å². The van der Waals surface area contributed by atoms with Gasteiger partial charge in [-0.15, -0.1) is 0 Å². The lowest BCUT2D eigenvalue weighted by Crippen LogP contribution is -2.25.